The first-order valence-electron chi connectivity index (χ1n) is 35.7. The number of aliphatic hydroxyl groups excluding tert-OH is 1. The lowest BCUT2D eigenvalue weighted by atomic mass is 10.0. The van der Waals surface area contributed by atoms with Gasteiger partial charge < -0.3 is 33.8 Å². The van der Waals surface area contributed by atoms with Gasteiger partial charge in [-0.2, -0.15) is 0 Å². The van der Waals surface area contributed by atoms with Crippen LogP contribution in [0.2, 0.25) is 0 Å². The zero-order chi connectivity index (χ0) is 65.4. The lowest BCUT2D eigenvalue weighted by Crippen LogP contribution is -2.30. The Labute approximate surface area is 537 Å². The fourth-order valence-electron chi connectivity index (χ4n) is 10.3. The summed E-state index contributed by atoms with van der Waals surface area (Å²) in [5.41, 5.74) is 0. The van der Waals surface area contributed by atoms with Crippen LogP contribution in [-0.2, 0) is 65.4 Å². The number of hydrogen-bond donors (Lipinski definition) is 3. The SMILES string of the molecule is CC(C)CCCCCCCCCCCCCCCC(=O)O[C@H](COC(=O)CCCCCCCCCC(C)C)COP(=O)(O)OCC(O)COP(=O)(O)OC[C@@H](COC(=O)CCCCCCCCCCC(C)C)OC(=O)CCCCCCCCCCC(C)C. The fourth-order valence-corrected chi connectivity index (χ4v) is 11.9. The predicted octanol–water partition coefficient (Wildman–Crippen LogP) is 19.3. The molecule has 0 spiro atoms. The van der Waals surface area contributed by atoms with Crippen molar-refractivity contribution in [2.75, 3.05) is 39.6 Å². The van der Waals surface area contributed by atoms with Crippen LogP contribution in [0.25, 0.3) is 0 Å². The molecule has 3 unspecified atom stereocenters. The predicted molar refractivity (Wildman–Crippen MR) is 354 cm³/mol. The molecule has 0 radical (unpaired) electrons. The van der Waals surface area contributed by atoms with E-state index in [0.717, 1.165) is 114 Å². The van der Waals surface area contributed by atoms with E-state index in [4.69, 9.17) is 37.0 Å². The molecule has 0 aromatic rings. The van der Waals surface area contributed by atoms with Gasteiger partial charge in [0.05, 0.1) is 26.4 Å². The molecule has 0 fully saturated rings. The minimum Gasteiger partial charge on any atom is -0.462 e. The summed E-state index contributed by atoms with van der Waals surface area (Å²) in [7, 11) is -9.90. The molecule has 0 aliphatic heterocycles. The average molecular weight is 1300 g/mol. The second-order valence-corrected chi connectivity index (χ2v) is 29.7. The van der Waals surface area contributed by atoms with E-state index in [1.807, 2.05) is 0 Å². The number of ether oxygens (including phenoxy) is 4. The van der Waals surface area contributed by atoms with E-state index >= 15 is 0 Å². The minimum absolute atomic E-state index is 0.103. The van der Waals surface area contributed by atoms with Crippen molar-refractivity contribution in [1.29, 1.82) is 0 Å². The van der Waals surface area contributed by atoms with Crippen LogP contribution >= 0.6 is 15.6 Å². The van der Waals surface area contributed by atoms with E-state index in [0.29, 0.717) is 31.6 Å². The number of phosphoric acid groups is 2. The molecule has 0 bridgehead atoms. The van der Waals surface area contributed by atoms with Gasteiger partial charge in [-0.3, -0.25) is 37.3 Å². The molecular formula is C69H134O17P2. The first kappa shape index (κ1) is 86.1. The second kappa shape index (κ2) is 58.8. The van der Waals surface area contributed by atoms with Gasteiger partial charge in [0.15, 0.2) is 12.2 Å². The molecule has 19 heteroatoms. The summed E-state index contributed by atoms with van der Waals surface area (Å²) in [5.74, 6) is 0.803. The summed E-state index contributed by atoms with van der Waals surface area (Å²) >= 11 is 0. The Kier molecular flexibility index (Phi) is 57.6. The standard InChI is InChI=1S/C69H134O17P2/c1-59(2)45-37-29-21-14-12-10-9-11-13-15-26-35-43-51-68(73)85-65(56-80-67(72)50-42-34-28-20-24-32-40-48-62(7)8)58-84-88(77,78)82-54-63(70)53-81-87(75,76)83-57-64(86-69(74)52-44-36-27-19-17-23-31-39-47-61(5)6)55-79-66(71)49-41-33-25-18-16-22-30-38-46-60(3)4/h59-65,70H,9-58H2,1-8H3,(H,75,76)(H,77,78)/t63?,64-,65-/m1/s1. The number of unbranched alkanes of at least 4 members (excludes halogenated alkanes) is 32. The molecule has 0 amide bonds. The summed E-state index contributed by atoms with van der Waals surface area (Å²) in [6.45, 7) is 14.0. The summed E-state index contributed by atoms with van der Waals surface area (Å²) in [4.78, 5) is 72.4. The number of aliphatic hydroxyl groups is 1. The zero-order valence-corrected chi connectivity index (χ0v) is 59.1. The highest BCUT2D eigenvalue weighted by molar-refractivity contribution is 7.47. The lowest BCUT2D eigenvalue weighted by Gasteiger charge is -2.21. The van der Waals surface area contributed by atoms with Gasteiger partial charge in [-0.1, -0.05) is 287 Å². The van der Waals surface area contributed by atoms with E-state index in [-0.39, 0.29) is 25.7 Å². The van der Waals surface area contributed by atoms with Gasteiger partial charge in [-0.15, -0.1) is 0 Å². The highest BCUT2D eigenvalue weighted by Gasteiger charge is 2.30. The van der Waals surface area contributed by atoms with Gasteiger partial charge in [0.2, 0.25) is 0 Å². The van der Waals surface area contributed by atoms with E-state index in [2.05, 4.69) is 55.4 Å². The summed E-state index contributed by atoms with van der Waals surface area (Å²) in [6, 6.07) is 0. The third kappa shape index (κ3) is 62.8. The molecule has 88 heavy (non-hydrogen) atoms. The quantitative estimate of drug-likeness (QED) is 0.0222. The molecule has 522 valence electrons. The van der Waals surface area contributed by atoms with Crippen LogP contribution in [0.4, 0.5) is 0 Å². The number of carbonyl (C=O) groups excluding carboxylic acids is 4. The molecule has 3 N–H and O–H groups in total. The summed E-state index contributed by atoms with van der Waals surface area (Å²) < 4.78 is 68.2. The molecular weight excluding hydrogens is 1160 g/mol. The van der Waals surface area contributed by atoms with Crippen molar-refractivity contribution in [3.8, 4) is 0 Å². The molecule has 0 aromatic heterocycles. The van der Waals surface area contributed by atoms with Crippen molar-refractivity contribution < 1.29 is 80.2 Å². The first-order chi connectivity index (χ1) is 42.1. The Bertz CT molecular complexity index is 1750. The van der Waals surface area contributed by atoms with Crippen LogP contribution in [0.1, 0.15) is 338 Å². The van der Waals surface area contributed by atoms with Crippen LogP contribution in [0.5, 0.6) is 0 Å². The molecule has 5 atom stereocenters. The molecule has 0 rings (SSSR count). The third-order valence-corrected chi connectivity index (χ3v) is 17.7. The minimum atomic E-state index is -4.95. The van der Waals surface area contributed by atoms with Crippen molar-refractivity contribution >= 4 is 39.5 Å². The number of carbonyl (C=O) groups is 4. The fraction of sp³-hybridized carbons (Fsp3) is 0.942. The Morgan fingerprint density at radius 1 is 0.284 bits per heavy atom. The van der Waals surface area contributed by atoms with Crippen LogP contribution < -0.4 is 0 Å². The maximum atomic E-state index is 13.0. The van der Waals surface area contributed by atoms with Crippen LogP contribution in [0, 0.1) is 23.7 Å². The molecule has 17 nitrogen and oxygen atoms in total. The highest BCUT2D eigenvalue weighted by Crippen LogP contribution is 2.45. The molecule has 0 aliphatic rings. The molecule has 0 saturated carbocycles. The second-order valence-electron chi connectivity index (χ2n) is 26.8. The van der Waals surface area contributed by atoms with Gasteiger partial charge in [-0.25, -0.2) is 9.13 Å². The van der Waals surface area contributed by atoms with Crippen molar-refractivity contribution in [2.24, 2.45) is 23.7 Å². The number of phosphoric ester groups is 2. The normalized spacial score (nSPS) is 14.3. The number of hydrogen-bond acceptors (Lipinski definition) is 15. The smallest absolute Gasteiger partial charge is 0.462 e. The lowest BCUT2D eigenvalue weighted by molar-refractivity contribution is -0.161. The maximum Gasteiger partial charge on any atom is 0.472 e. The van der Waals surface area contributed by atoms with E-state index in [1.165, 1.54) is 135 Å². The topological polar surface area (TPSA) is 237 Å². The maximum absolute atomic E-state index is 13.0. The Hall–Kier alpha value is -1.94. The number of esters is 4. The van der Waals surface area contributed by atoms with Gasteiger partial charge in [-0.05, 0) is 49.4 Å². The summed E-state index contributed by atoms with van der Waals surface area (Å²) in [6.07, 6.45) is 40.5. The van der Waals surface area contributed by atoms with E-state index in [1.54, 1.807) is 0 Å². The van der Waals surface area contributed by atoms with Crippen molar-refractivity contribution in [3.05, 3.63) is 0 Å². The van der Waals surface area contributed by atoms with Gasteiger partial charge in [0, 0.05) is 25.7 Å². The van der Waals surface area contributed by atoms with Gasteiger partial charge in [0.25, 0.3) is 0 Å². The third-order valence-electron chi connectivity index (χ3n) is 15.8. The average Bonchev–Trinajstić information content (AvgIpc) is 3.54. The van der Waals surface area contributed by atoms with Crippen molar-refractivity contribution in [1.82, 2.24) is 0 Å². The Morgan fingerprint density at radius 3 is 0.705 bits per heavy atom. The molecule has 0 saturated heterocycles. The molecule has 0 aromatic carbocycles. The van der Waals surface area contributed by atoms with E-state index < -0.39 is 97.5 Å². The van der Waals surface area contributed by atoms with Crippen LogP contribution in [-0.4, -0.2) is 96.7 Å². The number of rotatable bonds is 66. The van der Waals surface area contributed by atoms with Crippen molar-refractivity contribution in [3.63, 3.8) is 0 Å². The summed E-state index contributed by atoms with van der Waals surface area (Å²) in [5, 5.41) is 10.6. The largest absolute Gasteiger partial charge is 0.472 e. The van der Waals surface area contributed by atoms with Crippen LogP contribution in [0.15, 0.2) is 0 Å². The highest BCUT2D eigenvalue weighted by atomic mass is 31.2. The van der Waals surface area contributed by atoms with E-state index in [9.17, 15) is 43.2 Å². The van der Waals surface area contributed by atoms with Gasteiger partial charge in [0.1, 0.15) is 19.3 Å². The van der Waals surface area contributed by atoms with Crippen molar-refractivity contribution in [2.45, 2.75) is 356 Å². The Morgan fingerprint density at radius 2 is 0.477 bits per heavy atom. The van der Waals surface area contributed by atoms with Gasteiger partial charge >= 0.3 is 39.5 Å². The monoisotopic (exact) mass is 1300 g/mol. The van der Waals surface area contributed by atoms with Crippen LogP contribution in [0.3, 0.4) is 0 Å². The molecule has 0 heterocycles. The Balaban J connectivity index is 5.24. The zero-order valence-electron chi connectivity index (χ0n) is 57.3. The first-order valence-corrected chi connectivity index (χ1v) is 38.7. The molecule has 0 aliphatic carbocycles.